The van der Waals surface area contributed by atoms with Crippen LogP contribution in [0.4, 0.5) is 0 Å². The molecule has 0 aliphatic carbocycles. The molecule has 2 heterocycles. The summed E-state index contributed by atoms with van der Waals surface area (Å²) in [5.41, 5.74) is 4.36. The van der Waals surface area contributed by atoms with Gasteiger partial charge in [0.05, 0.1) is 11.6 Å². The van der Waals surface area contributed by atoms with Crippen molar-refractivity contribution < 1.29 is 14.7 Å². The van der Waals surface area contributed by atoms with Crippen LogP contribution in [0.2, 0.25) is 0 Å². The third kappa shape index (κ3) is 4.39. The van der Waals surface area contributed by atoms with E-state index in [1.54, 1.807) is 4.90 Å². The second-order valence-corrected chi connectivity index (χ2v) is 10.8. The molecule has 0 spiro atoms. The number of aliphatic hydroxyl groups excluding tert-OH is 1. The zero-order valence-corrected chi connectivity index (χ0v) is 21.7. The van der Waals surface area contributed by atoms with Crippen molar-refractivity contribution in [3.8, 4) is 0 Å². The van der Waals surface area contributed by atoms with Gasteiger partial charge in [0.25, 0.3) is 11.7 Å². The van der Waals surface area contributed by atoms with Gasteiger partial charge in [0, 0.05) is 48.4 Å². The average molecular weight is 474 g/mol. The number of Topliss-reactive ketones (excluding diaryl/α,β-unsaturated/α-hetero) is 1. The topological polar surface area (TPSA) is 65.8 Å². The Kier molecular flexibility index (Phi) is 6.36. The number of ketones is 1. The molecule has 0 saturated carbocycles. The molecule has 2 aromatic carbocycles. The maximum atomic E-state index is 13.5. The molecule has 1 aliphatic rings. The molecular weight excluding hydrogens is 438 g/mol. The molecule has 0 bridgehead atoms. The maximum absolute atomic E-state index is 13.5. The van der Waals surface area contributed by atoms with Gasteiger partial charge in [0.15, 0.2) is 0 Å². The number of aliphatic hydroxyl groups is 1. The molecule has 4 rings (SSSR count). The zero-order valence-electron chi connectivity index (χ0n) is 21.7. The Morgan fingerprint density at radius 2 is 1.77 bits per heavy atom. The van der Waals surface area contributed by atoms with Crippen LogP contribution in [0.5, 0.6) is 0 Å². The molecule has 35 heavy (non-hydrogen) atoms. The summed E-state index contributed by atoms with van der Waals surface area (Å²) in [7, 11) is 5.82. The number of amides is 1. The molecule has 1 aromatic heterocycles. The first-order valence-corrected chi connectivity index (χ1v) is 12.0. The van der Waals surface area contributed by atoms with Gasteiger partial charge in [-0.2, -0.15) is 0 Å². The predicted molar refractivity (Wildman–Crippen MR) is 140 cm³/mol. The highest BCUT2D eigenvalue weighted by atomic mass is 16.3. The summed E-state index contributed by atoms with van der Waals surface area (Å²) in [5, 5.41) is 12.6. The van der Waals surface area contributed by atoms with Crippen LogP contribution < -0.4 is 0 Å². The molecule has 0 radical (unpaired) electrons. The fraction of sp³-hybridized carbons (Fsp3) is 0.379. The fourth-order valence-electron chi connectivity index (χ4n) is 4.82. The lowest BCUT2D eigenvalue weighted by Gasteiger charge is -2.26. The SMILES string of the molecule is Cc1ccc(C(C)(C)C)cc1/C(O)=C1\C(=O)C(=O)N(CCN(C)C)C1c1cn(C)c2ccccc12. The standard InChI is InChI=1S/C29H35N3O3/c1-18-12-13-19(29(2,3)4)16-21(18)26(33)24-25(32(15-14-30(5)6)28(35)27(24)34)22-17-31(7)23-11-9-8-10-20(22)23/h8-13,16-17,25,33H,14-15H2,1-7H3/b26-24+. The summed E-state index contributed by atoms with van der Waals surface area (Å²) >= 11 is 0. The second kappa shape index (κ2) is 9.00. The first-order valence-electron chi connectivity index (χ1n) is 12.0. The quantitative estimate of drug-likeness (QED) is 0.329. The van der Waals surface area contributed by atoms with Crippen molar-refractivity contribution in [2.75, 3.05) is 27.2 Å². The molecule has 6 heteroatoms. The molecule has 1 saturated heterocycles. The first-order chi connectivity index (χ1) is 16.4. The maximum Gasteiger partial charge on any atom is 0.295 e. The number of benzene rings is 2. The molecule has 184 valence electrons. The Labute approximate surface area is 207 Å². The van der Waals surface area contributed by atoms with E-state index in [0.717, 1.165) is 27.6 Å². The Hall–Kier alpha value is -3.38. The van der Waals surface area contributed by atoms with Crippen LogP contribution in [-0.4, -0.2) is 58.3 Å². The first kappa shape index (κ1) is 24.7. The van der Waals surface area contributed by atoms with Gasteiger partial charge in [-0.1, -0.05) is 51.1 Å². The highest BCUT2D eigenvalue weighted by Crippen LogP contribution is 2.43. The fourth-order valence-corrected chi connectivity index (χ4v) is 4.82. The van der Waals surface area contributed by atoms with E-state index >= 15 is 0 Å². The monoisotopic (exact) mass is 473 g/mol. The van der Waals surface area contributed by atoms with Gasteiger partial charge in [-0.05, 0) is 49.7 Å². The van der Waals surface area contributed by atoms with Gasteiger partial charge in [-0.25, -0.2) is 0 Å². The van der Waals surface area contributed by atoms with Crippen molar-refractivity contribution in [1.82, 2.24) is 14.4 Å². The number of para-hydroxylation sites is 1. The van der Waals surface area contributed by atoms with Crippen molar-refractivity contribution in [3.05, 3.63) is 76.5 Å². The van der Waals surface area contributed by atoms with Crippen LogP contribution in [0.1, 0.15) is 49.1 Å². The molecular formula is C29H35N3O3. The van der Waals surface area contributed by atoms with Crippen LogP contribution in [0.3, 0.4) is 0 Å². The van der Waals surface area contributed by atoms with Crippen LogP contribution in [0.25, 0.3) is 16.7 Å². The lowest BCUT2D eigenvalue weighted by atomic mass is 9.84. The molecule has 1 atom stereocenters. The normalized spacial score (nSPS) is 18.3. The van der Waals surface area contributed by atoms with E-state index in [9.17, 15) is 14.7 Å². The van der Waals surface area contributed by atoms with Gasteiger partial charge in [0.1, 0.15) is 5.76 Å². The Bertz CT molecular complexity index is 1340. The van der Waals surface area contributed by atoms with Crippen molar-refractivity contribution in [2.24, 2.45) is 7.05 Å². The van der Waals surface area contributed by atoms with Gasteiger partial charge in [0.2, 0.25) is 0 Å². The number of nitrogens with zero attached hydrogens (tertiary/aromatic N) is 3. The summed E-state index contributed by atoms with van der Waals surface area (Å²) in [4.78, 5) is 30.4. The molecule has 1 unspecified atom stereocenters. The Morgan fingerprint density at radius 1 is 1.09 bits per heavy atom. The average Bonchev–Trinajstić information content (AvgIpc) is 3.25. The summed E-state index contributed by atoms with van der Waals surface area (Å²) in [6.45, 7) is 9.22. The lowest BCUT2D eigenvalue weighted by Crippen LogP contribution is -2.35. The number of aromatic nitrogens is 1. The zero-order chi connectivity index (χ0) is 25.7. The second-order valence-electron chi connectivity index (χ2n) is 10.8. The number of hydrogen-bond donors (Lipinski definition) is 1. The minimum atomic E-state index is -0.668. The number of likely N-dealkylation sites (tertiary alicyclic amines) is 1. The van der Waals surface area contributed by atoms with Crippen LogP contribution >= 0.6 is 0 Å². The van der Waals surface area contributed by atoms with Crippen molar-refractivity contribution >= 4 is 28.4 Å². The summed E-state index contributed by atoms with van der Waals surface area (Å²) < 4.78 is 2.00. The summed E-state index contributed by atoms with van der Waals surface area (Å²) in [6, 6.07) is 13.2. The highest BCUT2D eigenvalue weighted by molar-refractivity contribution is 6.46. The largest absolute Gasteiger partial charge is 0.507 e. The van der Waals surface area contributed by atoms with Gasteiger partial charge < -0.3 is 19.5 Å². The Morgan fingerprint density at radius 3 is 2.43 bits per heavy atom. The number of aryl methyl sites for hydroxylation is 2. The smallest absolute Gasteiger partial charge is 0.295 e. The van der Waals surface area contributed by atoms with Crippen LogP contribution in [0.15, 0.2) is 54.2 Å². The van der Waals surface area contributed by atoms with E-state index in [1.165, 1.54) is 0 Å². The number of carbonyl (C=O) groups is 2. The number of fused-ring (bicyclic) bond motifs is 1. The van der Waals surface area contributed by atoms with Gasteiger partial charge >= 0.3 is 0 Å². The number of carbonyl (C=O) groups excluding carboxylic acids is 2. The van der Waals surface area contributed by atoms with E-state index in [1.807, 2.05) is 86.2 Å². The lowest BCUT2D eigenvalue weighted by molar-refractivity contribution is -0.140. The number of likely N-dealkylation sites (N-methyl/N-ethyl adjacent to an activating group) is 1. The van der Waals surface area contributed by atoms with E-state index in [-0.39, 0.29) is 16.7 Å². The third-order valence-electron chi connectivity index (χ3n) is 6.91. The molecule has 1 amide bonds. The summed E-state index contributed by atoms with van der Waals surface area (Å²) in [6.07, 6.45) is 1.97. The molecule has 1 aliphatic heterocycles. The van der Waals surface area contributed by atoms with Gasteiger partial charge in [-0.15, -0.1) is 0 Å². The van der Waals surface area contributed by atoms with Gasteiger partial charge in [-0.3, -0.25) is 9.59 Å². The van der Waals surface area contributed by atoms with Crippen molar-refractivity contribution in [1.29, 1.82) is 0 Å². The van der Waals surface area contributed by atoms with E-state index in [2.05, 4.69) is 20.8 Å². The van der Waals surface area contributed by atoms with Crippen LogP contribution in [0, 0.1) is 6.92 Å². The van der Waals surface area contributed by atoms with Crippen molar-refractivity contribution in [3.63, 3.8) is 0 Å². The van der Waals surface area contributed by atoms with Crippen molar-refractivity contribution in [2.45, 2.75) is 39.2 Å². The third-order valence-corrected chi connectivity index (χ3v) is 6.91. The molecule has 6 nitrogen and oxygen atoms in total. The number of hydrogen-bond acceptors (Lipinski definition) is 4. The Balaban J connectivity index is 1.98. The number of rotatable bonds is 5. The predicted octanol–water partition coefficient (Wildman–Crippen LogP) is 4.77. The minimum absolute atomic E-state index is 0.114. The van der Waals surface area contributed by atoms with Crippen LogP contribution in [-0.2, 0) is 22.1 Å². The van der Waals surface area contributed by atoms with E-state index in [4.69, 9.17) is 0 Å². The molecule has 3 aromatic rings. The molecule has 1 N–H and O–H groups in total. The highest BCUT2D eigenvalue weighted by Gasteiger charge is 2.47. The minimum Gasteiger partial charge on any atom is -0.507 e. The van der Waals surface area contributed by atoms with E-state index < -0.39 is 17.7 Å². The summed E-state index contributed by atoms with van der Waals surface area (Å²) in [5.74, 6) is -1.33. The van der Waals surface area contributed by atoms with E-state index in [0.29, 0.717) is 18.7 Å². The molecule has 1 fully saturated rings.